The van der Waals surface area contributed by atoms with Crippen LogP contribution in [-0.2, 0) is 11.3 Å². The molecule has 0 spiro atoms. The molecule has 0 saturated heterocycles. The lowest BCUT2D eigenvalue weighted by atomic mass is 10.4. The van der Waals surface area contributed by atoms with E-state index in [1.807, 2.05) is 12.1 Å². The lowest BCUT2D eigenvalue weighted by Gasteiger charge is -1.99. The molecule has 112 valence electrons. The molecule has 7 heteroatoms. The van der Waals surface area contributed by atoms with Gasteiger partial charge in [0, 0.05) is 0 Å². The molecule has 0 saturated carbocycles. The van der Waals surface area contributed by atoms with E-state index in [9.17, 15) is 4.79 Å². The molecule has 0 bridgehead atoms. The zero-order valence-corrected chi connectivity index (χ0v) is 14.5. The van der Waals surface area contributed by atoms with Crippen LogP contribution in [0.15, 0.2) is 45.6 Å². The van der Waals surface area contributed by atoms with E-state index in [0.717, 1.165) is 4.60 Å². The van der Waals surface area contributed by atoms with Crippen molar-refractivity contribution in [2.45, 2.75) is 13.5 Å². The van der Waals surface area contributed by atoms with Crippen molar-refractivity contribution in [2.75, 3.05) is 6.61 Å². The van der Waals surface area contributed by atoms with Crippen LogP contribution < -0.4 is 0 Å². The highest BCUT2D eigenvalue weighted by atomic mass is 79.9. The highest BCUT2D eigenvalue weighted by Gasteiger charge is 2.06. The number of ether oxygens (including phenoxy) is 1. The van der Waals surface area contributed by atoms with Gasteiger partial charge in [0.2, 0.25) is 0 Å². The molecule has 2 rings (SSSR count). The molecule has 0 aliphatic rings. The monoisotopic (exact) mass is 416 g/mol. The predicted molar refractivity (Wildman–Crippen MR) is 85.8 cm³/mol. The Morgan fingerprint density at radius 3 is 2.24 bits per heavy atom. The van der Waals surface area contributed by atoms with E-state index >= 15 is 0 Å². The van der Waals surface area contributed by atoms with E-state index in [0.29, 0.717) is 22.6 Å². The van der Waals surface area contributed by atoms with Crippen LogP contribution in [0.5, 0.6) is 0 Å². The normalized spacial score (nSPS) is 9.52. The molecule has 21 heavy (non-hydrogen) atoms. The van der Waals surface area contributed by atoms with Gasteiger partial charge in [0.05, 0.1) is 18.9 Å². The van der Waals surface area contributed by atoms with Crippen LogP contribution >= 0.6 is 31.9 Å². The average molecular weight is 418 g/mol. The summed E-state index contributed by atoms with van der Waals surface area (Å²) in [5.41, 5.74) is 1.01. The molecule has 0 unspecified atom stereocenters. The number of esters is 1. The van der Waals surface area contributed by atoms with Gasteiger partial charge in [-0.3, -0.25) is 0 Å². The van der Waals surface area contributed by atoms with E-state index in [2.05, 4.69) is 41.8 Å². The Hall–Kier alpha value is -1.31. The maximum absolute atomic E-state index is 11.1. The van der Waals surface area contributed by atoms with Gasteiger partial charge < -0.3 is 9.84 Å². The second-order valence-corrected chi connectivity index (χ2v) is 5.30. The highest BCUT2D eigenvalue weighted by molar-refractivity contribution is 9.10. The van der Waals surface area contributed by atoms with Crippen molar-refractivity contribution >= 4 is 37.8 Å². The first-order valence-corrected chi connectivity index (χ1v) is 7.67. The molecule has 0 aromatic carbocycles. The SMILES string of the molecule is CCOC(=O)c1cccc(Br)n1.OCc1cccc(Br)n1. The first kappa shape index (κ1) is 17.7. The van der Waals surface area contributed by atoms with E-state index in [1.54, 1.807) is 31.2 Å². The summed E-state index contributed by atoms with van der Waals surface area (Å²) in [7, 11) is 0. The largest absolute Gasteiger partial charge is 0.461 e. The number of pyridine rings is 2. The van der Waals surface area contributed by atoms with E-state index in [4.69, 9.17) is 9.84 Å². The Kier molecular flexibility index (Phi) is 8.11. The van der Waals surface area contributed by atoms with Gasteiger partial charge in [0.1, 0.15) is 14.9 Å². The molecular formula is C14H14Br2N2O3. The molecule has 0 atom stereocenters. The number of rotatable bonds is 3. The summed E-state index contributed by atoms with van der Waals surface area (Å²) in [6.07, 6.45) is 0. The number of aliphatic hydroxyl groups is 1. The maximum atomic E-state index is 11.1. The minimum Gasteiger partial charge on any atom is -0.461 e. The van der Waals surface area contributed by atoms with Gasteiger partial charge in [0.25, 0.3) is 0 Å². The summed E-state index contributed by atoms with van der Waals surface area (Å²) in [4.78, 5) is 19.0. The van der Waals surface area contributed by atoms with Gasteiger partial charge in [-0.25, -0.2) is 14.8 Å². The Labute approximate surface area is 139 Å². The molecule has 1 N–H and O–H groups in total. The predicted octanol–water partition coefficient (Wildman–Crippen LogP) is 3.36. The summed E-state index contributed by atoms with van der Waals surface area (Å²) in [5, 5.41) is 8.58. The van der Waals surface area contributed by atoms with Crippen LogP contribution in [0.3, 0.4) is 0 Å². The smallest absolute Gasteiger partial charge is 0.356 e. The van der Waals surface area contributed by atoms with Gasteiger partial charge >= 0.3 is 5.97 Å². The van der Waals surface area contributed by atoms with E-state index < -0.39 is 0 Å². The van der Waals surface area contributed by atoms with Crippen LogP contribution in [0.1, 0.15) is 23.1 Å². The fourth-order valence-electron chi connectivity index (χ4n) is 1.27. The molecule has 0 radical (unpaired) electrons. The van der Waals surface area contributed by atoms with Crippen LogP contribution in [0.2, 0.25) is 0 Å². The zero-order chi connectivity index (χ0) is 15.7. The summed E-state index contributed by atoms with van der Waals surface area (Å²) < 4.78 is 6.15. The van der Waals surface area contributed by atoms with E-state index in [1.165, 1.54) is 0 Å². The third-order valence-electron chi connectivity index (χ3n) is 2.13. The van der Waals surface area contributed by atoms with Crippen molar-refractivity contribution < 1.29 is 14.6 Å². The fourth-order valence-corrected chi connectivity index (χ4v) is 1.99. The third kappa shape index (κ3) is 6.79. The first-order chi connectivity index (χ1) is 10.1. The number of halogens is 2. The third-order valence-corrected chi connectivity index (χ3v) is 3.02. The molecule has 2 aromatic rings. The fraction of sp³-hybridized carbons (Fsp3) is 0.214. The molecular weight excluding hydrogens is 404 g/mol. The Morgan fingerprint density at radius 1 is 1.14 bits per heavy atom. The lowest BCUT2D eigenvalue weighted by molar-refractivity contribution is 0.0519. The standard InChI is InChI=1S/C8H8BrNO2.C6H6BrNO/c1-2-12-8(11)6-4-3-5-7(9)10-6;7-6-3-1-2-5(4-9)8-6/h3-5H,2H2,1H3;1-3,9H,4H2. The molecule has 0 aliphatic carbocycles. The van der Waals surface area contributed by atoms with Gasteiger partial charge in [-0.15, -0.1) is 0 Å². The molecule has 5 nitrogen and oxygen atoms in total. The Morgan fingerprint density at radius 2 is 1.76 bits per heavy atom. The van der Waals surface area contributed by atoms with Crippen molar-refractivity contribution in [2.24, 2.45) is 0 Å². The zero-order valence-electron chi connectivity index (χ0n) is 11.3. The van der Waals surface area contributed by atoms with Gasteiger partial charge in [-0.1, -0.05) is 12.1 Å². The van der Waals surface area contributed by atoms with Gasteiger partial charge in [0.15, 0.2) is 0 Å². The van der Waals surface area contributed by atoms with Crippen LogP contribution in [0.4, 0.5) is 0 Å². The second-order valence-electron chi connectivity index (χ2n) is 3.68. The maximum Gasteiger partial charge on any atom is 0.356 e. The number of aromatic nitrogens is 2. The molecule has 0 amide bonds. The number of carbonyl (C=O) groups is 1. The van der Waals surface area contributed by atoms with Crippen LogP contribution in [0.25, 0.3) is 0 Å². The van der Waals surface area contributed by atoms with Crippen molar-refractivity contribution in [1.29, 1.82) is 0 Å². The number of hydrogen-bond acceptors (Lipinski definition) is 5. The van der Waals surface area contributed by atoms with Gasteiger partial charge in [-0.05, 0) is 63.0 Å². The van der Waals surface area contributed by atoms with Crippen molar-refractivity contribution in [3.8, 4) is 0 Å². The van der Waals surface area contributed by atoms with Crippen molar-refractivity contribution in [3.05, 3.63) is 57.0 Å². The quantitative estimate of drug-likeness (QED) is 0.612. The number of hydrogen-bond donors (Lipinski definition) is 1. The summed E-state index contributed by atoms with van der Waals surface area (Å²) in [5.74, 6) is -0.390. The lowest BCUT2D eigenvalue weighted by Crippen LogP contribution is -2.06. The summed E-state index contributed by atoms with van der Waals surface area (Å²) in [6, 6.07) is 10.5. The summed E-state index contributed by atoms with van der Waals surface area (Å²) in [6.45, 7) is 2.13. The first-order valence-electron chi connectivity index (χ1n) is 6.08. The summed E-state index contributed by atoms with van der Waals surface area (Å²) >= 11 is 6.34. The average Bonchev–Trinajstić information content (AvgIpc) is 2.48. The number of aliphatic hydroxyl groups excluding tert-OH is 1. The topological polar surface area (TPSA) is 72.3 Å². The van der Waals surface area contributed by atoms with Gasteiger partial charge in [-0.2, -0.15) is 0 Å². The van der Waals surface area contributed by atoms with E-state index in [-0.39, 0.29) is 12.6 Å². The minimum absolute atomic E-state index is 0.000556. The Bertz CT molecular complexity index is 594. The number of carbonyl (C=O) groups excluding carboxylic acids is 1. The second kappa shape index (κ2) is 9.59. The molecule has 2 aromatic heterocycles. The molecule has 0 fully saturated rings. The van der Waals surface area contributed by atoms with Crippen LogP contribution in [0, 0.1) is 0 Å². The highest BCUT2D eigenvalue weighted by Crippen LogP contribution is 2.07. The molecule has 2 heterocycles. The van der Waals surface area contributed by atoms with Crippen molar-refractivity contribution in [3.63, 3.8) is 0 Å². The van der Waals surface area contributed by atoms with Crippen LogP contribution in [-0.4, -0.2) is 27.7 Å². The minimum atomic E-state index is -0.390. The Balaban J connectivity index is 0.000000219. The molecule has 0 aliphatic heterocycles. The van der Waals surface area contributed by atoms with Crippen molar-refractivity contribution in [1.82, 2.24) is 9.97 Å². The number of nitrogens with zero attached hydrogens (tertiary/aromatic N) is 2.